The van der Waals surface area contributed by atoms with Crippen LogP contribution in [0.1, 0.15) is 84.6 Å². The highest BCUT2D eigenvalue weighted by Crippen LogP contribution is 2.55. The number of aromatic nitrogens is 1. The van der Waals surface area contributed by atoms with E-state index < -0.39 is 0 Å². The second kappa shape index (κ2) is 14.4. The summed E-state index contributed by atoms with van der Waals surface area (Å²) in [4.78, 5) is 4.83. The van der Waals surface area contributed by atoms with Crippen LogP contribution < -0.4 is 9.80 Å². The van der Waals surface area contributed by atoms with E-state index in [4.69, 9.17) is 11.6 Å². The lowest BCUT2D eigenvalue weighted by atomic mass is 9.84. The number of nitrogens with zero attached hydrogens (tertiary/aromatic N) is 3. The monoisotopic (exact) mass is 847 g/mol. The van der Waals surface area contributed by atoms with E-state index in [1.807, 2.05) is 0 Å². The predicted octanol–water partition coefficient (Wildman–Crippen LogP) is 17.8. The van der Waals surface area contributed by atoms with Gasteiger partial charge in [-0.05, 0) is 129 Å². The third-order valence-electron chi connectivity index (χ3n) is 12.7. The molecule has 1 aliphatic rings. The van der Waals surface area contributed by atoms with Gasteiger partial charge in [-0.1, -0.05) is 141 Å². The van der Waals surface area contributed by atoms with E-state index in [0.717, 1.165) is 45.4 Å². The minimum atomic E-state index is -0.0976. The fourth-order valence-corrected chi connectivity index (χ4v) is 10.4. The van der Waals surface area contributed by atoms with E-state index >= 15 is 0 Å². The van der Waals surface area contributed by atoms with Crippen molar-refractivity contribution >= 4 is 89.0 Å². The summed E-state index contributed by atoms with van der Waals surface area (Å²) in [7, 11) is 0. The molecule has 10 rings (SSSR count). The van der Waals surface area contributed by atoms with Gasteiger partial charge in [-0.25, -0.2) is 0 Å². The maximum Gasteiger partial charge on any atom is 0.0887 e. The quantitative estimate of drug-likeness (QED) is 0.171. The Morgan fingerprint density at radius 2 is 1.15 bits per heavy atom. The molecule has 0 amide bonds. The molecule has 0 radical (unpaired) electrons. The lowest BCUT2D eigenvalue weighted by molar-refractivity contribution is 0.590. The number of halogens is 1. The van der Waals surface area contributed by atoms with E-state index in [1.165, 1.54) is 59.7 Å². The van der Waals surface area contributed by atoms with Crippen molar-refractivity contribution in [2.45, 2.75) is 85.5 Å². The molecule has 3 nitrogen and oxygen atoms in total. The first-order valence-electron chi connectivity index (χ1n) is 21.8. The smallest absolute Gasteiger partial charge is 0.0887 e. The van der Waals surface area contributed by atoms with E-state index in [0.29, 0.717) is 5.02 Å². The van der Waals surface area contributed by atoms with Crippen molar-refractivity contribution in [1.82, 2.24) is 4.57 Å². The van der Waals surface area contributed by atoms with Crippen LogP contribution in [0.3, 0.4) is 0 Å². The standard InChI is InChI=1S/C57H54ClN3S/c1-35-28-48(59(41-24-21-38(22-25-41)55(2,3)4)51-34-62-52-27-20-37(30-44(51)52)36-16-12-11-13-17-36)53(58)49(29-35)60-46-18-14-15-19-47(46)61-45-26-23-39(56(5,6)7)31-42(45)43-32-40(57(8,9)10)33-50(60)54(43)61/h11-34H,1-10H3. The molecule has 0 bridgehead atoms. The first-order valence-corrected chi connectivity index (χ1v) is 23.0. The Bertz CT molecular complexity index is 3200. The van der Waals surface area contributed by atoms with Crippen molar-refractivity contribution < 1.29 is 0 Å². The molecule has 1 aliphatic heterocycles. The van der Waals surface area contributed by atoms with Gasteiger partial charge in [0.05, 0.1) is 50.2 Å². The number of fused-ring (bicyclic) bond motifs is 6. The van der Waals surface area contributed by atoms with E-state index in [-0.39, 0.29) is 16.2 Å². The number of anilines is 6. The Morgan fingerprint density at radius 1 is 0.500 bits per heavy atom. The molecule has 5 heteroatoms. The maximum atomic E-state index is 8.08. The van der Waals surface area contributed by atoms with E-state index in [9.17, 15) is 0 Å². The Kier molecular flexibility index (Phi) is 9.34. The molecule has 0 saturated carbocycles. The first kappa shape index (κ1) is 40.3. The molecule has 0 unspecified atom stereocenters. The molecule has 0 saturated heterocycles. The highest BCUT2D eigenvalue weighted by atomic mass is 35.5. The number of benzene rings is 7. The van der Waals surface area contributed by atoms with Crippen molar-refractivity contribution in [3.8, 4) is 16.8 Å². The fraction of sp³-hybridized carbons (Fsp3) is 0.228. The van der Waals surface area contributed by atoms with Crippen LogP contribution >= 0.6 is 22.9 Å². The minimum absolute atomic E-state index is 0.0124. The zero-order valence-corrected chi connectivity index (χ0v) is 39.1. The minimum Gasteiger partial charge on any atom is -0.307 e. The van der Waals surface area contributed by atoms with Crippen molar-refractivity contribution in [2.75, 3.05) is 9.80 Å². The highest BCUT2D eigenvalue weighted by molar-refractivity contribution is 7.17. The molecule has 7 aromatic carbocycles. The van der Waals surface area contributed by atoms with Gasteiger partial charge in [0.15, 0.2) is 0 Å². The zero-order chi connectivity index (χ0) is 43.5. The third kappa shape index (κ3) is 6.62. The topological polar surface area (TPSA) is 11.4 Å². The van der Waals surface area contributed by atoms with Gasteiger partial charge in [0.25, 0.3) is 0 Å². The molecule has 0 aliphatic carbocycles. The van der Waals surface area contributed by atoms with Gasteiger partial charge in [0.1, 0.15) is 0 Å². The van der Waals surface area contributed by atoms with Gasteiger partial charge in [0.2, 0.25) is 0 Å². The Labute approximate surface area is 375 Å². The average Bonchev–Trinajstić information content (AvgIpc) is 3.81. The van der Waals surface area contributed by atoms with Crippen LogP contribution in [0.15, 0.2) is 145 Å². The second-order valence-electron chi connectivity index (χ2n) is 20.2. The van der Waals surface area contributed by atoms with E-state index in [2.05, 4.69) is 229 Å². The summed E-state index contributed by atoms with van der Waals surface area (Å²) in [5.74, 6) is 0. The van der Waals surface area contributed by atoms with Crippen LogP contribution in [0.25, 0.3) is 48.7 Å². The number of hydrogen-bond acceptors (Lipinski definition) is 3. The van der Waals surface area contributed by atoms with E-state index in [1.54, 1.807) is 11.3 Å². The molecule has 62 heavy (non-hydrogen) atoms. The Hall–Kier alpha value is -5.81. The van der Waals surface area contributed by atoms with Gasteiger partial charge in [-0.15, -0.1) is 11.3 Å². The Morgan fingerprint density at radius 3 is 1.84 bits per heavy atom. The third-order valence-corrected chi connectivity index (χ3v) is 14.1. The molecule has 0 spiro atoms. The molecule has 3 heterocycles. The van der Waals surface area contributed by atoms with Crippen LogP contribution in [-0.4, -0.2) is 4.57 Å². The summed E-state index contributed by atoms with van der Waals surface area (Å²) >= 11 is 9.85. The van der Waals surface area contributed by atoms with Gasteiger partial charge in [-0.2, -0.15) is 0 Å². The molecule has 0 N–H and O–H groups in total. The summed E-state index contributed by atoms with van der Waals surface area (Å²) in [6.07, 6.45) is 0. The van der Waals surface area contributed by atoms with Crippen molar-refractivity contribution in [1.29, 1.82) is 0 Å². The largest absolute Gasteiger partial charge is 0.307 e. The summed E-state index contributed by atoms with van der Waals surface area (Å²) < 4.78 is 3.72. The summed E-state index contributed by atoms with van der Waals surface area (Å²) in [5, 5.41) is 6.72. The SMILES string of the molecule is Cc1cc(N(c2ccc(C(C)(C)C)cc2)c2csc3ccc(-c4ccccc4)cc23)c(Cl)c(N2c3ccccc3-n3c4ccc(C(C)(C)C)cc4c4cc(C(C)(C)C)cc2c43)c1. The average molecular weight is 849 g/mol. The predicted molar refractivity (Wildman–Crippen MR) is 270 cm³/mol. The van der Waals surface area contributed by atoms with Crippen molar-refractivity contribution in [3.05, 3.63) is 172 Å². The molecule has 310 valence electrons. The van der Waals surface area contributed by atoms with Gasteiger partial charge in [-0.3, -0.25) is 0 Å². The molecule has 0 atom stereocenters. The lowest BCUT2D eigenvalue weighted by Crippen LogP contribution is -2.21. The van der Waals surface area contributed by atoms with Crippen LogP contribution in [0.4, 0.5) is 34.1 Å². The van der Waals surface area contributed by atoms with Crippen LogP contribution in [0, 0.1) is 6.92 Å². The summed E-state index contributed by atoms with van der Waals surface area (Å²) in [5.41, 5.74) is 17.2. The zero-order valence-electron chi connectivity index (χ0n) is 37.5. The van der Waals surface area contributed by atoms with Crippen LogP contribution in [-0.2, 0) is 16.2 Å². The second-order valence-corrected chi connectivity index (χ2v) is 21.5. The van der Waals surface area contributed by atoms with Gasteiger partial charge < -0.3 is 14.4 Å². The Balaban J connectivity index is 1.25. The lowest BCUT2D eigenvalue weighted by Gasteiger charge is -2.36. The number of thiophene rings is 1. The molecule has 2 aromatic heterocycles. The van der Waals surface area contributed by atoms with Crippen molar-refractivity contribution in [2.24, 2.45) is 0 Å². The van der Waals surface area contributed by atoms with Gasteiger partial charge >= 0.3 is 0 Å². The van der Waals surface area contributed by atoms with Crippen molar-refractivity contribution in [3.63, 3.8) is 0 Å². The molecular formula is C57H54ClN3S. The summed E-state index contributed by atoms with van der Waals surface area (Å²) in [6, 6.07) is 51.9. The molecule has 0 fully saturated rings. The summed E-state index contributed by atoms with van der Waals surface area (Å²) in [6.45, 7) is 22.9. The fourth-order valence-electron chi connectivity index (χ4n) is 9.25. The molecular weight excluding hydrogens is 794 g/mol. The number of aryl methyl sites for hydroxylation is 1. The highest BCUT2D eigenvalue weighted by Gasteiger charge is 2.34. The normalized spacial score (nSPS) is 13.0. The van der Waals surface area contributed by atoms with Gasteiger partial charge in [0, 0.05) is 31.9 Å². The number of hydrogen-bond donors (Lipinski definition) is 0. The van der Waals surface area contributed by atoms with Crippen LogP contribution in [0.5, 0.6) is 0 Å². The van der Waals surface area contributed by atoms with Crippen LogP contribution in [0.2, 0.25) is 5.02 Å². The maximum absolute atomic E-state index is 8.08. The first-order chi connectivity index (χ1) is 29.5. The number of para-hydroxylation sites is 2. The molecule has 9 aromatic rings. The number of rotatable bonds is 5.